The van der Waals surface area contributed by atoms with Crippen LogP contribution in [-0.4, -0.2) is 30.5 Å². The summed E-state index contributed by atoms with van der Waals surface area (Å²) in [6.07, 6.45) is 1.60. The van der Waals surface area contributed by atoms with Gasteiger partial charge in [-0.1, -0.05) is 0 Å². The number of hydrogen-bond acceptors (Lipinski definition) is 4. The summed E-state index contributed by atoms with van der Waals surface area (Å²) in [7, 11) is 1.86. The van der Waals surface area contributed by atoms with E-state index in [1.54, 1.807) is 18.4 Å². The molecule has 0 bridgehead atoms. The molecule has 1 atom stereocenters. The SMILES string of the molecule is CNC(C)CNC(=O)c1ccc(-c2ccco2)nc1C. The number of aromatic nitrogens is 1. The van der Waals surface area contributed by atoms with Crippen LogP contribution in [0.1, 0.15) is 23.0 Å². The quantitative estimate of drug-likeness (QED) is 0.874. The van der Waals surface area contributed by atoms with Crippen molar-refractivity contribution in [3.05, 3.63) is 41.8 Å². The van der Waals surface area contributed by atoms with Gasteiger partial charge in [0.05, 0.1) is 17.5 Å². The molecule has 2 rings (SSSR count). The third-order valence-electron chi connectivity index (χ3n) is 3.17. The third-order valence-corrected chi connectivity index (χ3v) is 3.17. The molecule has 5 heteroatoms. The first kappa shape index (κ1) is 14.3. The molecule has 2 N–H and O–H groups in total. The van der Waals surface area contributed by atoms with Crippen LogP contribution >= 0.6 is 0 Å². The molecule has 0 fully saturated rings. The molecule has 0 aliphatic carbocycles. The van der Waals surface area contributed by atoms with Crippen LogP contribution in [0.3, 0.4) is 0 Å². The summed E-state index contributed by atoms with van der Waals surface area (Å²) in [5.41, 5.74) is 2.00. The fraction of sp³-hybridized carbons (Fsp3) is 0.333. The van der Waals surface area contributed by atoms with Crippen LogP contribution in [-0.2, 0) is 0 Å². The number of pyridine rings is 1. The Kier molecular flexibility index (Phi) is 4.53. The third kappa shape index (κ3) is 3.24. The Morgan fingerprint density at radius 1 is 1.40 bits per heavy atom. The van der Waals surface area contributed by atoms with Gasteiger partial charge in [0.15, 0.2) is 5.76 Å². The van der Waals surface area contributed by atoms with Gasteiger partial charge in [-0.25, -0.2) is 4.98 Å². The Bertz CT molecular complexity index is 579. The lowest BCUT2D eigenvalue weighted by Gasteiger charge is -2.12. The molecule has 0 spiro atoms. The molecule has 0 saturated heterocycles. The summed E-state index contributed by atoms with van der Waals surface area (Å²) in [5, 5.41) is 5.95. The predicted octanol–water partition coefficient (Wildman–Crippen LogP) is 1.99. The van der Waals surface area contributed by atoms with Gasteiger partial charge in [-0.2, -0.15) is 0 Å². The van der Waals surface area contributed by atoms with Crippen molar-refractivity contribution in [2.24, 2.45) is 0 Å². The van der Waals surface area contributed by atoms with Crippen molar-refractivity contribution in [2.75, 3.05) is 13.6 Å². The number of amides is 1. The Morgan fingerprint density at radius 2 is 2.20 bits per heavy atom. The minimum Gasteiger partial charge on any atom is -0.463 e. The highest BCUT2D eigenvalue weighted by Crippen LogP contribution is 2.19. The molecule has 2 heterocycles. The van der Waals surface area contributed by atoms with E-state index in [4.69, 9.17) is 4.42 Å². The largest absolute Gasteiger partial charge is 0.463 e. The molecular formula is C15H19N3O2. The lowest BCUT2D eigenvalue weighted by molar-refractivity contribution is 0.0949. The average molecular weight is 273 g/mol. The Morgan fingerprint density at radius 3 is 2.80 bits per heavy atom. The second kappa shape index (κ2) is 6.34. The molecule has 5 nitrogen and oxygen atoms in total. The van der Waals surface area contributed by atoms with E-state index in [0.717, 1.165) is 5.69 Å². The van der Waals surface area contributed by atoms with Crippen molar-refractivity contribution in [1.29, 1.82) is 0 Å². The molecule has 0 radical (unpaired) electrons. The number of furan rings is 1. The van der Waals surface area contributed by atoms with E-state index in [1.165, 1.54) is 0 Å². The maximum Gasteiger partial charge on any atom is 0.253 e. The number of aryl methyl sites for hydroxylation is 1. The number of likely N-dealkylation sites (N-methyl/N-ethyl adjacent to an activating group) is 1. The second-order valence-corrected chi connectivity index (χ2v) is 4.71. The van der Waals surface area contributed by atoms with Crippen molar-refractivity contribution in [3.8, 4) is 11.5 Å². The topological polar surface area (TPSA) is 67.2 Å². The van der Waals surface area contributed by atoms with Crippen LogP contribution in [0.15, 0.2) is 34.9 Å². The van der Waals surface area contributed by atoms with E-state index in [9.17, 15) is 4.79 Å². The highest BCUT2D eigenvalue weighted by molar-refractivity contribution is 5.95. The lowest BCUT2D eigenvalue weighted by Crippen LogP contribution is -2.37. The van der Waals surface area contributed by atoms with E-state index < -0.39 is 0 Å². The summed E-state index contributed by atoms with van der Waals surface area (Å²) in [6.45, 7) is 4.41. The first-order valence-electron chi connectivity index (χ1n) is 6.59. The zero-order valence-electron chi connectivity index (χ0n) is 11.9. The number of nitrogens with one attached hydrogen (secondary N) is 2. The summed E-state index contributed by atoms with van der Waals surface area (Å²) >= 11 is 0. The van der Waals surface area contributed by atoms with E-state index in [1.807, 2.05) is 33.0 Å². The monoisotopic (exact) mass is 273 g/mol. The van der Waals surface area contributed by atoms with Gasteiger partial charge in [0, 0.05) is 12.6 Å². The number of nitrogens with zero attached hydrogens (tertiary/aromatic N) is 1. The van der Waals surface area contributed by atoms with Crippen LogP contribution < -0.4 is 10.6 Å². The molecule has 2 aromatic rings. The van der Waals surface area contributed by atoms with Crippen LogP contribution in [0.4, 0.5) is 0 Å². The number of rotatable bonds is 5. The molecule has 106 valence electrons. The number of carbonyl (C=O) groups excluding carboxylic acids is 1. The van der Waals surface area contributed by atoms with E-state index >= 15 is 0 Å². The van der Waals surface area contributed by atoms with Crippen molar-refractivity contribution >= 4 is 5.91 Å². The summed E-state index contributed by atoms with van der Waals surface area (Å²) in [5.74, 6) is 0.590. The van der Waals surface area contributed by atoms with E-state index in [2.05, 4.69) is 15.6 Å². The molecule has 0 aromatic carbocycles. The zero-order valence-corrected chi connectivity index (χ0v) is 11.9. The molecule has 1 unspecified atom stereocenters. The van der Waals surface area contributed by atoms with Gasteiger partial charge in [-0.05, 0) is 45.2 Å². The zero-order chi connectivity index (χ0) is 14.5. The van der Waals surface area contributed by atoms with Crippen LogP contribution in [0.25, 0.3) is 11.5 Å². The molecule has 0 saturated carbocycles. The smallest absolute Gasteiger partial charge is 0.253 e. The van der Waals surface area contributed by atoms with Gasteiger partial charge in [0.25, 0.3) is 5.91 Å². The molecule has 1 amide bonds. The van der Waals surface area contributed by atoms with E-state index in [-0.39, 0.29) is 11.9 Å². The summed E-state index contributed by atoms with van der Waals surface area (Å²) in [4.78, 5) is 16.5. The normalized spacial score (nSPS) is 12.2. The molecular weight excluding hydrogens is 254 g/mol. The maximum atomic E-state index is 12.1. The number of hydrogen-bond donors (Lipinski definition) is 2. The van der Waals surface area contributed by atoms with Gasteiger partial charge in [-0.15, -0.1) is 0 Å². The minimum atomic E-state index is -0.108. The first-order chi connectivity index (χ1) is 9.61. The van der Waals surface area contributed by atoms with Crippen molar-refractivity contribution in [1.82, 2.24) is 15.6 Å². The first-order valence-corrected chi connectivity index (χ1v) is 6.59. The van der Waals surface area contributed by atoms with Crippen LogP contribution in [0.2, 0.25) is 0 Å². The molecule has 2 aromatic heterocycles. The lowest BCUT2D eigenvalue weighted by atomic mass is 10.1. The standard InChI is InChI=1S/C15H19N3O2/c1-10(16-3)9-17-15(19)12-6-7-13(18-11(12)2)14-5-4-8-20-14/h4-8,10,16H,9H2,1-3H3,(H,17,19). The molecule has 0 aliphatic rings. The van der Waals surface area contributed by atoms with Crippen molar-refractivity contribution < 1.29 is 9.21 Å². The van der Waals surface area contributed by atoms with Crippen LogP contribution in [0.5, 0.6) is 0 Å². The summed E-state index contributed by atoms with van der Waals surface area (Å²) < 4.78 is 5.30. The fourth-order valence-corrected chi connectivity index (χ4v) is 1.81. The minimum absolute atomic E-state index is 0.108. The molecule has 20 heavy (non-hydrogen) atoms. The van der Waals surface area contributed by atoms with Crippen LogP contribution in [0, 0.1) is 6.92 Å². The summed E-state index contributed by atoms with van der Waals surface area (Å²) in [6, 6.07) is 7.46. The molecule has 0 aliphatic heterocycles. The Hall–Kier alpha value is -2.14. The fourth-order valence-electron chi connectivity index (χ4n) is 1.81. The van der Waals surface area contributed by atoms with Crippen molar-refractivity contribution in [2.45, 2.75) is 19.9 Å². The highest BCUT2D eigenvalue weighted by Gasteiger charge is 2.12. The van der Waals surface area contributed by atoms with E-state index in [0.29, 0.717) is 23.6 Å². The highest BCUT2D eigenvalue weighted by atomic mass is 16.3. The Labute approximate surface area is 118 Å². The second-order valence-electron chi connectivity index (χ2n) is 4.71. The van der Waals surface area contributed by atoms with Gasteiger partial charge in [-0.3, -0.25) is 4.79 Å². The van der Waals surface area contributed by atoms with Gasteiger partial charge >= 0.3 is 0 Å². The van der Waals surface area contributed by atoms with Gasteiger partial charge < -0.3 is 15.1 Å². The van der Waals surface area contributed by atoms with Crippen molar-refractivity contribution in [3.63, 3.8) is 0 Å². The van der Waals surface area contributed by atoms with Gasteiger partial charge in [0.1, 0.15) is 5.69 Å². The number of carbonyl (C=O) groups is 1. The predicted molar refractivity (Wildman–Crippen MR) is 77.5 cm³/mol. The van der Waals surface area contributed by atoms with Gasteiger partial charge in [0.2, 0.25) is 0 Å². The maximum absolute atomic E-state index is 12.1. The average Bonchev–Trinajstić information content (AvgIpc) is 2.98. The Balaban J connectivity index is 2.11.